The summed E-state index contributed by atoms with van der Waals surface area (Å²) in [5.41, 5.74) is 0. The lowest BCUT2D eigenvalue weighted by atomic mass is 9.81. The topological polar surface area (TPSA) is 88.5 Å². The van der Waals surface area contributed by atoms with Gasteiger partial charge in [-0.25, -0.2) is 9.86 Å². The van der Waals surface area contributed by atoms with Crippen molar-refractivity contribution in [3.63, 3.8) is 0 Å². The second-order valence-corrected chi connectivity index (χ2v) is 9.04. The van der Waals surface area contributed by atoms with Gasteiger partial charge >= 0.3 is 12.1 Å². The molecule has 0 bridgehead atoms. The number of carboxylic acids is 1. The van der Waals surface area contributed by atoms with Crippen LogP contribution in [-0.4, -0.2) is 92.3 Å². The van der Waals surface area contributed by atoms with Gasteiger partial charge in [-0.15, -0.1) is 0 Å². The molecule has 0 aromatic heterocycles. The number of likely N-dealkylation sites (tertiary alicyclic amines) is 1. The summed E-state index contributed by atoms with van der Waals surface area (Å²) in [5.74, 6) is -0.298. The zero-order valence-electron chi connectivity index (χ0n) is 18.2. The molecule has 1 N–H and O–H groups in total. The highest BCUT2D eigenvalue weighted by Crippen LogP contribution is 2.37. The molecule has 4 fully saturated rings. The van der Waals surface area contributed by atoms with Crippen LogP contribution in [0.5, 0.6) is 0 Å². The average molecular weight is 466 g/mol. The number of carbonyl (C=O) groups is 2. The summed E-state index contributed by atoms with van der Waals surface area (Å²) in [5, 5.41) is 8.72. The first kappa shape index (κ1) is 25.2. The van der Waals surface area contributed by atoms with Gasteiger partial charge in [-0.05, 0) is 49.4 Å². The first-order chi connectivity index (χ1) is 15.2. The molecule has 4 heterocycles. The molecule has 0 spiro atoms. The number of carbonyl (C=O) groups excluding carboxylic acids is 1. The van der Waals surface area contributed by atoms with E-state index in [2.05, 4.69) is 4.90 Å². The van der Waals surface area contributed by atoms with E-state index >= 15 is 0 Å². The Hall–Kier alpha value is -1.43. The molecule has 3 atom stereocenters. The average Bonchev–Trinajstić information content (AvgIpc) is 3.18. The Bertz CT molecular complexity index is 623. The number of halogens is 3. The third-order valence-electron chi connectivity index (χ3n) is 6.65. The predicted octanol–water partition coefficient (Wildman–Crippen LogP) is 2.18. The molecule has 0 aromatic rings. The van der Waals surface area contributed by atoms with Gasteiger partial charge in [-0.3, -0.25) is 9.63 Å². The highest BCUT2D eigenvalue weighted by atomic mass is 19.4. The van der Waals surface area contributed by atoms with E-state index in [1.165, 1.54) is 19.4 Å². The highest BCUT2D eigenvalue weighted by Gasteiger charge is 2.42. The number of rotatable bonds is 4. The smallest absolute Gasteiger partial charge is 0.475 e. The Balaban J connectivity index is 0.000000360. The number of hydrogen-bond donors (Lipinski definition) is 1. The normalized spacial score (nSPS) is 29.7. The molecule has 4 saturated heterocycles. The summed E-state index contributed by atoms with van der Waals surface area (Å²) in [6.45, 7) is 8.30. The van der Waals surface area contributed by atoms with E-state index < -0.39 is 12.1 Å². The lowest BCUT2D eigenvalue weighted by molar-refractivity contribution is -0.199. The maximum atomic E-state index is 12.6. The number of hydroxylamine groups is 2. The zero-order valence-corrected chi connectivity index (χ0v) is 18.2. The van der Waals surface area contributed by atoms with E-state index in [-0.39, 0.29) is 5.91 Å². The first-order valence-corrected chi connectivity index (χ1v) is 11.3. The summed E-state index contributed by atoms with van der Waals surface area (Å²) in [6.07, 6.45) is -0.0145. The molecule has 11 heteroatoms. The van der Waals surface area contributed by atoms with E-state index in [1.807, 2.05) is 0 Å². The minimum atomic E-state index is -5.08. The quantitative estimate of drug-likeness (QED) is 0.680. The number of fused-ring (bicyclic) bond motifs is 1. The molecule has 8 nitrogen and oxygen atoms in total. The maximum absolute atomic E-state index is 12.6. The number of carboxylic acid groups (broad SMARTS) is 1. The molecule has 0 radical (unpaired) electrons. The first-order valence-electron chi connectivity index (χ1n) is 11.3. The van der Waals surface area contributed by atoms with E-state index in [0.29, 0.717) is 30.8 Å². The lowest BCUT2D eigenvalue weighted by Crippen LogP contribution is -2.41. The van der Waals surface area contributed by atoms with E-state index in [9.17, 15) is 18.0 Å². The van der Waals surface area contributed by atoms with E-state index in [1.54, 1.807) is 5.06 Å². The van der Waals surface area contributed by atoms with Crippen molar-refractivity contribution in [1.29, 1.82) is 0 Å². The minimum absolute atomic E-state index is 0.150. The Kier molecular flexibility index (Phi) is 9.15. The number of alkyl halides is 3. The molecule has 4 rings (SSSR count). The molecule has 4 aliphatic rings. The van der Waals surface area contributed by atoms with Crippen molar-refractivity contribution in [2.24, 2.45) is 23.7 Å². The zero-order chi connectivity index (χ0) is 23.1. The summed E-state index contributed by atoms with van der Waals surface area (Å²) in [4.78, 5) is 29.6. The number of amides is 1. The maximum Gasteiger partial charge on any atom is 0.490 e. The van der Waals surface area contributed by atoms with Crippen LogP contribution in [0.15, 0.2) is 0 Å². The van der Waals surface area contributed by atoms with Crippen LogP contribution >= 0.6 is 0 Å². The Morgan fingerprint density at radius 1 is 1.00 bits per heavy atom. The van der Waals surface area contributed by atoms with Gasteiger partial charge in [0.05, 0.1) is 19.8 Å². The van der Waals surface area contributed by atoms with Gasteiger partial charge < -0.3 is 19.5 Å². The molecule has 4 aliphatic heterocycles. The Labute approximate surface area is 185 Å². The third kappa shape index (κ3) is 7.29. The van der Waals surface area contributed by atoms with E-state index in [0.717, 1.165) is 64.8 Å². The van der Waals surface area contributed by atoms with E-state index in [4.69, 9.17) is 24.2 Å². The fraction of sp³-hybridized carbons (Fsp3) is 0.905. The third-order valence-corrected chi connectivity index (χ3v) is 6.65. The van der Waals surface area contributed by atoms with Crippen molar-refractivity contribution < 1.29 is 42.2 Å². The molecular formula is C21H33F3N2O6. The van der Waals surface area contributed by atoms with Crippen molar-refractivity contribution in [2.45, 2.75) is 38.3 Å². The summed E-state index contributed by atoms with van der Waals surface area (Å²) in [7, 11) is 0. The van der Waals surface area contributed by atoms with Gasteiger partial charge in [-0.1, -0.05) is 0 Å². The molecular weight excluding hydrogens is 433 g/mol. The standard InChI is InChI=1S/C19H32N2O4.C2HF3O2/c22-19(21-5-1-2-6-25-21)9-16-13-24-14-17-11-20(12-18(16)17)10-15-3-7-23-8-4-15;3-2(4,5)1(6)7/h15-18H,1-14H2;(H,6,7)/t16-,17-,18+;/m1./s1. The molecule has 1 amide bonds. The molecule has 32 heavy (non-hydrogen) atoms. The second kappa shape index (κ2) is 11.6. The van der Waals surface area contributed by atoms with Crippen LogP contribution in [0, 0.1) is 23.7 Å². The number of ether oxygens (including phenoxy) is 2. The van der Waals surface area contributed by atoms with Gasteiger partial charge in [-0.2, -0.15) is 13.2 Å². The van der Waals surface area contributed by atoms with Crippen molar-refractivity contribution in [3.05, 3.63) is 0 Å². The fourth-order valence-electron chi connectivity index (χ4n) is 4.97. The van der Waals surface area contributed by atoms with Gasteiger partial charge in [0.15, 0.2) is 0 Å². The van der Waals surface area contributed by atoms with Crippen LogP contribution in [0.3, 0.4) is 0 Å². The summed E-state index contributed by atoms with van der Waals surface area (Å²) in [6, 6.07) is 0. The van der Waals surface area contributed by atoms with Crippen LogP contribution in [0.25, 0.3) is 0 Å². The van der Waals surface area contributed by atoms with Crippen LogP contribution in [0.1, 0.15) is 32.1 Å². The lowest BCUT2D eigenvalue weighted by Gasteiger charge is -2.34. The van der Waals surface area contributed by atoms with Gasteiger partial charge in [0.2, 0.25) is 5.91 Å². The van der Waals surface area contributed by atoms with Crippen molar-refractivity contribution in [1.82, 2.24) is 9.96 Å². The van der Waals surface area contributed by atoms with Crippen LogP contribution in [0.4, 0.5) is 13.2 Å². The minimum Gasteiger partial charge on any atom is -0.475 e. The van der Waals surface area contributed by atoms with Crippen molar-refractivity contribution in [2.75, 3.05) is 59.2 Å². The highest BCUT2D eigenvalue weighted by molar-refractivity contribution is 5.75. The molecule has 0 saturated carbocycles. The van der Waals surface area contributed by atoms with Gasteiger partial charge in [0.1, 0.15) is 0 Å². The van der Waals surface area contributed by atoms with Crippen LogP contribution in [0.2, 0.25) is 0 Å². The largest absolute Gasteiger partial charge is 0.490 e. The van der Waals surface area contributed by atoms with Gasteiger partial charge in [0.25, 0.3) is 0 Å². The predicted molar refractivity (Wildman–Crippen MR) is 106 cm³/mol. The monoisotopic (exact) mass is 466 g/mol. The molecule has 184 valence electrons. The Morgan fingerprint density at radius 3 is 2.34 bits per heavy atom. The van der Waals surface area contributed by atoms with Crippen LogP contribution in [-0.2, 0) is 23.9 Å². The number of nitrogens with zero attached hydrogens (tertiary/aromatic N) is 2. The Morgan fingerprint density at radius 2 is 1.72 bits per heavy atom. The van der Waals surface area contributed by atoms with Crippen molar-refractivity contribution >= 4 is 11.9 Å². The fourth-order valence-corrected chi connectivity index (χ4v) is 4.97. The van der Waals surface area contributed by atoms with Gasteiger partial charge in [0, 0.05) is 45.8 Å². The SMILES string of the molecule is O=C(C[C@@H]1COC[C@H]2CN(CC3CCOCC3)C[C@@H]12)N1CCCCO1.O=C(O)C(F)(F)F. The summed E-state index contributed by atoms with van der Waals surface area (Å²) < 4.78 is 43.1. The number of hydrogen-bond acceptors (Lipinski definition) is 6. The second-order valence-electron chi connectivity index (χ2n) is 9.04. The molecule has 0 aliphatic carbocycles. The molecule has 0 unspecified atom stereocenters. The summed E-state index contributed by atoms with van der Waals surface area (Å²) >= 11 is 0. The van der Waals surface area contributed by atoms with Crippen LogP contribution < -0.4 is 0 Å². The molecule has 0 aromatic carbocycles. The van der Waals surface area contributed by atoms with Crippen molar-refractivity contribution in [3.8, 4) is 0 Å². The number of aliphatic carboxylic acids is 1.